The van der Waals surface area contributed by atoms with Crippen LogP contribution in [0.4, 0.5) is 0 Å². The van der Waals surface area contributed by atoms with Crippen LogP contribution in [-0.2, 0) is 6.54 Å². The molecule has 0 saturated carbocycles. The predicted molar refractivity (Wildman–Crippen MR) is 58.8 cm³/mol. The molecule has 2 N–H and O–H groups in total. The quantitative estimate of drug-likeness (QED) is 0.822. The molecule has 1 amide bonds. The van der Waals surface area contributed by atoms with E-state index in [9.17, 15) is 4.79 Å². The van der Waals surface area contributed by atoms with Gasteiger partial charge in [0.05, 0.1) is 12.2 Å². The van der Waals surface area contributed by atoms with Crippen LogP contribution in [0, 0.1) is 6.92 Å². The molecule has 0 aliphatic heterocycles. The fourth-order valence-electron chi connectivity index (χ4n) is 1.43. The number of hydrogen-bond donors (Lipinski definition) is 1. The second kappa shape index (κ2) is 4.14. The van der Waals surface area contributed by atoms with E-state index in [2.05, 4.69) is 10.3 Å². The van der Waals surface area contributed by atoms with E-state index < -0.39 is 5.91 Å². The minimum absolute atomic E-state index is 0.414. The first-order valence-corrected chi connectivity index (χ1v) is 4.90. The number of nitrogens with two attached hydrogens (primary N) is 1. The Morgan fingerprint density at radius 2 is 2.06 bits per heavy atom. The molecule has 1 aromatic heterocycles. The summed E-state index contributed by atoms with van der Waals surface area (Å²) in [7, 11) is 0. The largest absolute Gasteiger partial charge is 0.366 e. The Bertz CT molecular complexity index is 501. The summed E-state index contributed by atoms with van der Waals surface area (Å²) in [4.78, 5) is 10.9. The smallest absolute Gasteiger partial charge is 0.248 e. The normalized spacial score (nSPS) is 10.3. The van der Waals surface area contributed by atoms with Crippen molar-refractivity contribution in [2.24, 2.45) is 5.73 Å². The highest BCUT2D eigenvalue weighted by atomic mass is 16.1. The summed E-state index contributed by atoms with van der Waals surface area (Å²) in [5.41, 5.74) is 7.60. The molecule has 2 aromatic rings. The van der Waals surface area contributed by atoms with Gasteiger partial charge in [0.15, 0.2) is 0 Å². The molecule has 1 heterocycles. The Balaban J connectivity index is 2.14. The van der Waals surface area contributed by atoms with Gasteiger partial charge in [-0.1, -0.05) is 17.3 Å². The van der Waals surface area contributed by atoms with Crippen molar-refractivity contribution in [1.29, 1.82) is 0 Å². The highest BCUT2D eigenvalue weighted by Crippen LogP contribution is 2.05. The summed E-state index contributed by atoms with van der Waals surface area (Å²) < 4.78 is 1.74. The lowest BCUT2D eigenvalue weighted by Crippen LogP contribution is -2.10. The lowest BCUT2D eigenvalue weighted by Gasteiger charge is -2.01. The van der Waals surface area contributed by atoms with Gasteiger partial charge in [-0.05, 0) is 24.6 Å². The molecule has 82 valence electrons. The third-order valence-corrected chi connectivity index (χ3v) is 2.24. The van der Waals surface area contributed by atoms with Gasteiger partial charge in [0.25, 0.3) is 0 Å². The monoisotopic (exact) mass is 216 g/mol. The van der Waals surface area contributed by atoms with Gasteiger partial charge in [-0.25, -0.2) is 4.68 Å². The molecule has 0 atom stereocenters. The molecule has 0 aliphatic carbocycles. The first kappa shape index (κ1) is 10.4. The maximum absolute atomic E-state index is 10.9. The number of benzene rings is 1. The third-order valence-electron chi connectivity index (χ3n) is 2.24. The van der Waals surface area contributed by atoms with Crippen LogP contribution in [0.5, 0.6) is 0 Å². The molecular formula is C11H12N4O. The average molecular weight is 216 g/mol. The van der Waals surface area contributed by atoms with Crippen molar-refractivity contribution in [3.05, 3.63) is 47.3 Å². The van der Waals surface area contributed by atoms with Crippen molar-refractivity contribution < 1.29 is 4.79 Å². The Labute approximate surface area is 92.9 Å². The average Bonchev–Trinajstić information content (AvgIpc) is 2.65. The van der Waals surface area contributed by atoms with Gasteiger partial charge in [-0.3, -0.25) is 4.79 Å². The highest BCUT2D eigenvalue weighted by molar-refractivity contribution is 5.92. The number of carbonyl (C=O) groups excluding carboxylic acids is 1. The van der Waals surface area contributed by atoms with E-state index in [1.54, 1.807) is 16.8 Å². The van der Waals surface area contributed by atoms with Crippen molar-refractivity contribution >= 4 is 5.91 Å². The third kappa shape index (κ3) is 2.25. The van der Waals surface area contributed by atoms with Crippen LogP contribution < -0.4 is 5.73 Å². The molecule has 0 bridgehead atoms. The van der Waals surface area contributed by atoms with Gasteiger partial charge in [0.2, 0.25) is 5.91 Å². The van der Waals surface area contributed by atoms with E-state index in [-0.39, 0.29) is 0 Å². The molecule has 5 heteroatoms. The summed E-state index contributed by atoms with van der Waals surface area (Å²) in [6, 6.07) is 7.14. The number of aromatic nitrogens is 3. The lowest BCUT2D eigenvalue weighted by molar-refractivity contribution is 0.100. The van der Waals surface area contributed by atoms with Gasteiger partial charge in [0, 0.05) is 11.8 Å². The molecule has 0 aliphatic rings. The SMILES string of the molecule is Cc1cn(Cc2ccc(C(N)=O)cc2)nn1. The maximum atomic E-state index is 10.9. The molecule has 0 saturated heterocycles. The van der Waals surface area contributed by atoms with Gasteiger partial charge in [-0.15, -0.1) is 5.10 Å². The van der Waals surface area contributed by atoms with Crippen molar-refractivity contribution in [3.8, 4) is 0 Å². The van der Waals surface area contributed by atoms with E-state index in [0.717, 1.165) is 11.3 Å². The van der Waals surface area contributed by atoms with E-state index in [0.29, 0.717) is 12.1 Å². The molecule has 0 fully saturated rings. The number of nitrogens with zero attached hydrogens (tertiary/aromatic N) is 3. The summed E-state index contributed by atoms with van der Waals surface area (Å²) in [6.45, 7) is 2.53. The van der Waals surface area contributed by atoms with Crippen LogP contribution in [-0.4, -0.2) is 20.9 Å². The molecule has 1 aromatic carbocycles. The minimum Gasteiger partial charge on any atom is -0.366 e. The van der Waals surface area contributed by atoms with E-state index >= 15 is 0 Å². The number of rotatable bonds is 3. The zero-order valence-electron chi connectivity index (χ0n) is 8.92. The number of hydrogen-bond acceptors (Lipinski definition) is 3. The van der Waals surface area contributed by atoms with E-state index in [1.807, 2.05) is 25.3 Å². The van der Waals surface area contributed by atoms with Gasteiger partial charge in [-0.2, -0.15) is 0 Å². The highest BCUT2D eigenvalue weighted by Gasteiger charge is 2.01. The maximum Gasteiger partial charge on any atom is 0.248 e. The molecular weight excluding hydrogens is 204 g/mol. The van der Waals surface area contributed by atoms with Crippen molar-refractivity contribution in [1.82, 2.24) is 15.0 Å². The minimum atomic E-state index is -0.414. The fraction of sp³-hybridized carbons (Fsp3) is 0.182. The van der Waals surface area contributed by atoms with Gasteiger partial charge < -0.3 is 5.73 Å². The Hall–Kier alpha value is -2.17. The lowest BCUT2D eigenvalue weighted by atomic mass is 10.1. The van der Waals surface area contributed by atoms with Crippen LogP contribution in [0.25, 0.3) is 0 Å². The molecule has 16 heavy (non-hydrogen) atoms. The summed E-state index contributed by atoms with van der Waals surface area (Å²) >= 11 is 0. The molecule has 5 nitrogen and oxygen atoms in total. The summed E-state index contributed by atoms with van der Waals surface area (Å²) in [5.74, 6) is -0.414. The van der Waals surface area contributed by atoms with E-state index in [4.69, 9.17) is 5.73 Å². The Kier molecular flexibility index (Phi) is 2.68. The zero-order valence-corrected chi connectivity index (χ0v) is 8.92. The number of aryl methyl sites for hydroxylation is 1. The standard InChI is InChI=1S/C11H12N4O/c1-8-6-15(14-13-8)7-9-2-4-10(5-3-9)11(12)16/h2-6H,7H2,1H3,(H2,12,16). The number of amides is 1. The molecule has 2 rings (SSSR count). The van der Waals surface area contributed by atoms with Crippen LogP contribution in [0.3, 0.4) is 0 Å². The molecule has 0 spiro atoms. The van der Waals surface area contributed by atoms with Crippen molar-refractivity contribution in [2.75, 3.05) is 0 Å². The van der Waals surface area contributed by atoms with Gasteiger partial charge >= 0.3 is 0 Å². The fourth-order valence-corrected chi connectivity index (χ4v) is 1.43. The van der Waals surface area contributed by atoms with Crippen LogP contribution in [0.15, 0.2) is 30.5 Å². The second-order valence-electron chi connectivity index (χ2n) is 3.62. The van der Waals surface area contributed by atoms with Crippen molar-refractivity contribution in [2.45, 2.75) is 13.5 Å². The molecule has 0 unspecified atom stereocenters. The molecule has 0 radical (unpaired) electrons. The number of primary amides is 1. The van der Waals surface area contributed by atoms with Crippen LogP contribution >= 0.6 is 0 Å². The first-order valence-electron chi connectivity index (χ1n) is 4.90. The Morgan fingerprint density at radius 1 is 1.38 bits per heavy atom. The summed E-state index contributed by atoms with van der Waals surface area (Å²) in [5, 5.41) is 7.84. The topological polar surface area (TPSA) is 73.8 Å². The Morgan fingerprint density at radius 3 is 2.56 bits per heavy atom. The zero-order chi connectivity index (χ0) is 11.5. The van der Waals surface area contributed by atoms with Crippen molar-refractivity contribution in [3.63, 3.8) is 0 Å². The second-order valence-corrected chi connectivity index (χ2v) is 3.62. The summed E-state index contributed by atoms with van der Waals surface area (Å²) in [6.07, 6.45) is 1.86. The predicted octanol–water partition coefficient (Wildman–Crippen LogP) is 0.734. The van der Waals surface area contributed by atoms with Crippen LogP contribution in [0.1, 0.15) is 21.6 Å². The van der Waals surface area contributed by atoms with E-state index in [1.165, 1.54) is 0 Å². The van der Waals surface area contributed by atoms with Crippen LogP contribution in [0.2, 0.25) is 0 Å². The van der Waals surface area contributed by atoms with Gasteiger partial charge in [0.1, 0.15) is 0 Å². The first-order chi connectivity index (χ1) is 7.65. The number of carbonyl (C=O) groups is 1.